The molecule has 1 aromatic rings. The van der Waals surface area contributed by atoms with Gasteiger partial charge in [-0.1, -0.05) is 0 Å². The van der Waals surface area contributed by atoms with E-state index in [-0.39, 0.29) is 17.7 Å². The molecule has 5 heteroatoms. The second kappa shape index (κ2) is 5.92. The van der Waals surface area contributed by atoms with Crippen molar-refractivity contribution in [3.05, 3.63) is 28.2 Å². The van der Waals surface area contributed by atoms with Crippen molar-refractivity contribution in [2.24, 2.45) is 0 Å². The summed E-state index contributed by atoms with van der Waals surface area (Å²) in [5.74, 6) is 0.112. The number of hydrogen-bond acceptors (Lipinski definition) is 3. The van der Waals surface area contributed by atoms with E-state index in [0.717, 1.165) is 25.9 Å². The Morgan fingerprint density at radius 3 is 2.89 bits per heavy atom. The summed E-state index contributed by atoms with van der Waals surface area (Å²) < 4.78 is 0.607. The molecule has 104 valence electrons. The Morgan fingerprint density at radius 1 is 1.53 bits per heavy atom. The quantitative estimate of drug-likeness (QED) is 0.927. The van der Waals surface area contributed by atoms with Crippen molar-refractivity contribution in [2.45, 2.75) is 18.9 Å². The standard InChI is InChI=1S/C14H19BrN2O2/c1-16(2)9-11-4-3-7-17(11)14(19)10-5-6-12(15)13(18)8-10/h5-6,8,11,18H,3-4,7,9H2,1-2H3. The molecule has 1 saturated heterocycles. The molecule has 1 aliphatic rings. The molecule has 1 aliphatic heterocycles. The van der Waals surface area contributed by atoms with Crippen LogP contribution in [-0.4, -0.2) is 54.0 Å². The van der Waals surface area contributed by atoms with Gasteiger partial charge < -0.3 is 14.9 Å². The fourth-order valence-electron chi connectivity index (χ4n) is 2.53. The summed E-state index contributed by atoms with van der Waals surface area (Å²) in [4.78, 5) is 16.5. The van der Waals surface area contributed by atoms with Gasteiger partial charge in [0.2, 0.25) is 0 Å². The van der Waals surface area contributed by atoms with Crippen LogP contribution in [0.3, 0.4) is 0 Å². The van der Waals surface area contributed by atoms with E-state index in [1.165, 1.54) is 6.07 Å². The van der Waals surface area contributed by atoms with Crippen LogP contribution in [0.5, 0.6) is 5.75 Å². The van der Waals surface area contributed by atoms with Crippen LogP contribution in [0, 0.1) is 0 Å². The number of rotatable bonds is 3. The summed E-state index contributed by atoms with van der Waals surface area (Å²) in [6, 6.07) is 5.25. The lowest BCUT2D eigenvalue weighted by Gasteiger charge is -2.27. The number of amides is 1. The van der Waals surface area contributed by atoms with Crippen molar-refractivity contribution in [1.82, 2.24) is 9.80 Å². The van der Waals surface area contributed by atoms with Crippen LogP contribution in [0.15, 0.2) is 22.7 Å². The van der Waals surface area contributed by atoms with Crippen LogP contribution in [0.2, 0.25) is 0 Å². The van der Waals surface area contributed by atoms with Crippen LogP contribution in [0.25, 0.3) is 0 Å². The van der Waals surface area contributed by atoms with E-state index in [1.54, 1.807) is 12.1 Å². The molecule has 2 rings (SSSR count). The highest BCUT2D eigenvalue weighted by Gasteiger charge is 2.29. The first-order valence-electron chi connectivity index (χ1n) is 6.43. The zero-order valence-corrected chi connectivity index (χ0v) is 12.9. The van der Waals surface area contributed by atoms with E-state index in [2.05, 4.69) is 20.8 Å². The fourth-order valence-corrected chi connectivity index (χ4v) is 2.77. The van der Waals surface area contributed by atoms with Crippen molar-refractivity contribution in [3.8, 4) is 5.75 Å². The summed E-state index contributed by atoms with van der Waals surface area (Å²) in [6.07, 6.45) is 2.10. The van der Waals surface area contributed by atoms with Crippen LogP contribution in [0.4, 0.5) is 0 Å². The lowest BCUT2D eigenvalue weighted by Crippen LogP contribution is -2.41. The summed E-state index contributed by atoms with van der Waals surface area (Å²) >= 11 is 3.23. The van der Waals surface area contributed by atoms with E-state index in [1.807, 2.05) is 19.0 Å². The number of carbonyl (C=O) groups excluding carboxylic acids is 1. The molecule has 19 heavy (non-hydrogen) atoms. The van der Waals surface area contributed by atoms with Gasteiger partial charge in [-0.3, -0.25) is 4.79 Å². The van der Waals surface area contributed by atoms with Crippen molar-refractivity contribution in [1.29, 1.82) is 0 Å². The van der Waals surface area contributed by atoms with Gasteiger partial charge >= 0.3 is 0 Å². The third-order valence-electron chi connectivity index (χ3n) is 3.41. The monoisotopic (exact) mass is 326 g/mol. The Labute approximate surface area is 122 Å². The van der Waals surface area contributed by atoms with Gasteiger partial charge in [-0.15, -0.1) is 0 Å². The molecule has 1 amide bonds. The van der Waals surface area contributed by atoms with Crippen LogP contribution >= 0.6 is 15.9 Å². The predicted molar refractivity (Wildman–Crippen MR) is 78.4 cm³/mol. The molecule has 0 saturated carbocycles. The molecular weight excluding hydrogens is 308 g/mol. The first kappa shape index (κ1) is 14.3. The summed E-state index contributed by atoms with van der Waals surface area (Å²) in [6.45, 7) is 1.68. The van der Waals surface area contributed by atoms with E-state index in [9.17, 15) is 9.90 Å². The number of phenols is 1. The number of nitrogens with zero attached hydrogens (tertiary/aromatic N) is 2. The Bertz CT molecular complexity index is 477. The van der Waals surface area contributed by atoms with Gasteiger partial charge in [-0.25, -0.2) is 0 Å². The van der Waals surface area contributed by atoms with Crippen LogP contribution in [0.1, 0.15) is 23.2 Å². The number of phenolic OH excluding ortho intramolecular Hbond substituents is 1. The number of likely N-dealkylation sites (tertiary alicyclic amines) is 1. The molecule has 1 fully saturated rings. The van der Waals surface area contributed by atoms with E-state index < -0.39 is 0 Å². The van der Waals surface area contributed by atoms with Gasteiger partial charge in [0, 0.05) is 24.7 Å². The highest BCUT2D eigenvalue weighted by atomic mass is 79.9. The summed E-state index contributed by atoms with van der Waals surface area (Å²) in [7, 11) is 4.04. The minimum atomic E-state index is 0.00662. The predicted octanol–water partition coefficient (Wildman–Crippen LogP) is 2.32. The second-order valence-corrected chi connectivity index (χ2v) is 6.08. The normalized spacial score (nSPS) is 19.2. The van der Waals surface area contributed by atoms with Gasteiger partial charge in [0.15, 0.2) is 0 Å². The molecule has 1 unspecified atom stereocenters. The minimum absolute atomic E-state index is 0.00662. The molecule has 0 radical (unpaired) electrons. The zero-order valence-electron chi connectivity index (χ0n) is 11.3. The Kier molecular flexibility index (Phi) is 4.47. The van der Waals surface area contributed by atoms with Crippen molar-refractivity contribution < 1.29 is 9.90 Å². The largest absolute Gasteiger partial charge is 0.507 e. The number of hydrogen-bond donors (Lipinski definition) is 1. The van der Waals surface area contributed by atoms with Crippen LogP contribution < -0.4 is 0 Å². The number of likely N-dealkylation sites (N-methyl/N-ethyl adjacent to an activating group) is 1. The Hall–Kier alpha value is -1.07. The van der Waals surface area contributed by atoms with Gasteiger partial charge in [0.05, 0.1) is 4.47 Å². The number of benzene rings is 1. The minimum Gasteiger partial charge on any atom is -0.507 e. The maximum absolute atomic E-state index is 12.5. The maximum atomic E-state index is 12.5. The molecule has 1 atom stereocenters. The number of aromatic hydroxyl groups is 1. The molecular formula is C14H19BrN2O2. The smallest absolute Gasteiger partial charge is 0.254 e. The highest BCUT2D eigenvalue weighted by Crippen LogP contribution is 2.27. The van der Waals surface area contributed by atoms with E-state index in [0.29, 0.717) is 10.0 Å². The molecule has 0 aliphatic carbocycles. The molecule has 0 aromatic heterocycles. The van der Waals surface area contributed by atoms with Gasteiger partial charge in [-0.05, 0) is 61.1 Å². The van der Waals surface area contributed by atoms with Crippen LogP contribution in [-0.2, 0) is 0 Å². The SMILES string of the molecule is CN(C)CC1CCCN1C(=O)c1ccc(Br)c(O)c1. The summed E-state index contributed by atoms with van der Waals surface area (Å²) in [5.41, 5.74) is 0.548. The fraction of sp³-hybridized carbons (Fsp3) is 0.500. The Balaban J connectivity index is 2.16. The van der Waals surface area contributed by atoms with E-state index >= 15 is 0 Å². The topological polar surface area (TPSA) is 43.8 Å². The molecule has 1 aromatic carbocycles. The highest BCUT2D eigenvalue weighted by molar-refractivity contribution is 9.10. The molecule has 1 heterocycles. The molecule has 1 N–H and O–H groups in total. The zero-order chi connectivity index (χ0) is 14.0. The number of halogens is 1. The summed E-state index contributed by atoms with van der Waals surface area (Å²) in [5, 5.41) is 9.68. The van der Waals surface area contributed by atoms with Gasteiger partial charge in [0.1, 0.15) is 5.75 Å². The average molecular weight is 327 g/mol. The lowest BCUT2D eigenvalue weighted by atomic mass is 10.1. The average Bonchev–Trinajstić information content (AvgIpc) is 2.79. The van der Waals surface area contributed by atoms with E-state index in [4.69, 9.17) is 0 Å². The molecule has 0 spiro atoms. The van der Waals surface area contributed by atoms with Gasteiger partial charge in [0.25, 0.3) is 5.91 Å². The van der Waals surface area contributed by atoms with Crippen molar-refractivity contribution in [3.63, 3.8) is 0 Å². The second-order valence-electron chi connectivity index (χ2n) is 5.22. The van der Waals surface area contributed by atoms with Crippen molar-refractivity contribution >= 4 is 21.8 Å². The first-order chi connectivity index (χ1) is 8.99. The first-order valence-corrected chi connectivity index (χ1v) is 7.22. The lowest BCUT2D eigenvalue weighted by molar-refractivity contribution is 0.0716. The Morgan fingerprint density at radius 2 is 2.26 bits per heavy atom. The number of carbonyl (C=O) groups is 1. The molecule has 0 bridgehead atoms. The maximum Gasteiger partial charge on any atom is 0.254 e. The third kappa shape index (κ3) is 3.28. The molecule has 4 nitrogen and oxygen atoms in total. The van der Waals surface area contributed by atoms with Gasteiger partial charge in [-0.2, -0.15) is 0 Å². The third-order valence-corrected chi connectivity index (χ3v) is 4.08. The van der Waals surface area contributed by atoms with Crippen molar-refractivity contribution in [2.75, 3.05) is 27.2 Å².